The molecule has 0 amide bonds. The summed E-state index contributed by atoms with van der Waals surface area (Å²) in [4.78, 5) is 4.48. The normalized spacial score (nSPS) is 15.4. The van der Waals surface area contributed by atoms with Crippen molar-refractivity contribution in [2.24, 2.45) is 5.73 Å². The monoisotopic (exact) mass is 214 g/mol. The fourth-order valence-electron chi connectivity index (χ4n) is 1.12. The summed E-state index contributed by atoms with van der Waals surface area (Å²) >= 11 is 1.64. The first-order chi connectivity index (χ1) is 6.67. The average molecular weight is 214 g/mol. The number of methoxy groups -OCH3 is 1. The molecule has 0 aliphatic rings. The van der Waals surface area contributed by atoms with Gasteiger partial charge < -0.3 is 10.5 Å². The van der Waals surface area contributed by atoms with Gasteiger partial charge in [-0.2, -0.15) is 0 Å². The highest BCUT2D eigenvalue weighted by Gasteiger charge is 2.10. The third kappa shape index (κ3) is 3.04. The standard InChI is InChI=1S/C10H18N2OS/c1-4-8(11)5-9-6-14-10(12-9)7(2)13-3/h6-8H,4-5,11H2,1-3H3. The summed E-state index contributed by atoms with van der Waals surface area (Å²) in [6.45, 7) is 4.10. The second kappa shape index (κ2) is 5.44. The Kier molecular flexibility index (Phi) is 4.51. The molecule has 0 saturated carbocycles. The van der Waals surface area contributed by atoms with Gasteiger partial charge in [0.1, 0.15) is 11.1 Å². The number of hydrogen-bond donors (Lipinski definition) is 1. The topological polar surface area (TPSA) is 48.1 Å². The van der Waals surface area contributed by atoms with Crippen LogP contribution in [0.15, 0.2) is 5.38 Å². The first-order valence-electron chi connectivity index (χ1n) is 4.90. The van der Waals surface area contributed by atoms with Crippen molar-refractivity contribution < 1.29 is 4.74 Å². The van der Waals surface area contributed by atoms with Gasteiger partial charge >= 0.3 is 0 Å². The minimum absolute atomic E-state index is 0.0894. The lowest BCUT2D eigenvalue weighted by atomic mass is 10.1. The molecule has 0 aromatic carbocycles. The molecule has 2 atom stereocenters. The van der Waals surface area contributed by atoms with E-state index in [1.807, 2.05) is 6.92 Å². The zero-order valence-corrected chi connectivity index (χ0v) is 9.80. The molecule has 0 saturated heterocycles. The van der Waals surface area contributed by atoms with Crippen LogP contribution < -0.4 is 5.73 Å². The smallest absolute Gasteiger partial charge is 0.121 e. The van der Waals surface area contributed by atoms with Crippen LogP contribution in [0.2, 0.25) is 0 Å². The molecule has 1 rings (SSSR count). The van der Waals surface area contributed by atoms with Crippen LogP contribution in [0.5, 0.6) is 0 Å². The van der Waals surface area contributed by atoms with E-state index in [2.05, 4.69) is 17.3 Å². The van der Waals surface area contributed by atoms with Crippen LogP contribution in [0.25, 0.3) is 0 Å². The molecule has 2 unspecified atom stereocenters. The largest absolute Gasteiger partial charge is 0.375 e. The van der Waals surface area contributed by atoms with Crippen molar-refractivity contribution in [3.05, 3.63) is 16.1 Å². The highest BCUT2D eigenvalue weighted by molar-refractivity contribution is 7.09. The Labute approximate surface area is 89.3 Å². The molecule has 0 radical (unpaired) electrons. The van der Waals surface area contributed by atoms with Gasteiger partial charge in [0, 0.05) is 25.0 Å². The molecule has 14 heavy (non-hydrogen) atoms. The summed E-state index contributed by atoms with van der Waals surface area (Å²) < 4.78 is 5.20. The number of ether oxygens (including phenoxy) is 1. The third-order valence-electron chi connectivity index (χ3n) is 2.27. The SMILES string of the molecule is CCC(N)Cc1csc(C(C)OC)n1. The van der Waals surface area contributed by atoms with Gasteiger partial charge in [-0.25, -0.2) is 4.98 Å². The summed E-state index contributed by atoms with van der Waals surface area (Å²) in [5.41, 5.74) is 6.94. The lowest BCUT2D eigenvalue weighted by molar-refractivity contribution is 0.119. The van der Waals surface area contributed by atoms with Crippen molar-refractivity contribution in [1.82, 2.24) is 4.98 Å². The van der Waals surface area contributed by atoms with E-state index >= 15 is 0 Å². The average Bonchev–Trinajstić information content (AvgIpc) is 2.65. The molecule has 4 heteroatoms. The lowest BCUT2D eigenvalue weighted by Crippen LogP contribution is -2.21. The molecule has 0 aliphatic heterocycles. The highest BCUT2D eigenvalue weighted by atomic mass is 32.1. The summed E-state index contributed by atoms with van der Waals surface area (Å²) in [5.74, 6) is 0. The second-order valence-corrected chi connectivity index (χ2v) is 4.32. The van der Waals surface area contributed by atoms with E-state index in [0.29, 0.717) is 0 Å². The van der Waals surface area contributed by atoms with E-state index in [9.17, 15) is 0 Å². The Bertz CT molecular complexity index is 275. The molecule has 0 aliphatic carbocycles. The Morgan fingerprint density at radius 3 is 2.93 bits per heavy atom. The molecule has 0 fully saturated rings. The first-order valence-corrected chi connectivity index (χ1v) is 5.78. The number of hydrogen-bond acceptors (Lipinski definition) is 4. The van der Waals surface area contributed by atoms with Crippen molar-refractivity contribution in [3.63, 3.8) is 0 Å². The highest BCUT2D eigenvalue weighted by Crippen LogP contribution is 2.20. The molecule has 0 spiro atoms. The van der Waals surface area contributed by atoms with Gasteiger partial charge in [0.15, 0.2) is 0 Å². The van der Waals surface area contributed by atoms with Crippen molar-refractivity contribution in [3.8, 4) is 0 Å². The van der Waals surface area contributed by atoms with Crippen LogP contribution in [0.1, 0.15) is 37.1 Å². The summed E-state index contributed by atoms with van der Waals surface area (Å²) in [6, 6.07) is 0.225. The minimum atomic E-state index is 0.0894. The van der Waals surface area contributed by atoms with Crippen LogP contribution in [-0.2, 0) is 11.2 Å². The van der Waals surface area contributed by atoms with Gasteiger partial charge in [-0.05, 0) is 13.3 Å². The van der Waals surface area contributed by atoms with Gasteiger partial charge in [-0.15, -0.1) is 11.3 Å². The van der Waals surface area contributed by atoms with Gasteiger partial charge in [-0.1, -0.05) is 6.92 Å². The number of rotatable bonds is 5. The molecular formula is C10H18N2OS. The van der Waals surface area contributed by atoms with Gasteiger partial charge in [0.2, 0.25) is 0 Å². The van der Waals surface area contributed by atoms with E-state index < -0.39 is 0 Å². The van der Waals surface area contributed by atoms with Crippen molar-refractivity contribution >= 4 is 11.3 Å². The predicted octanol–water partition coefficient (Wildman–Crippen LogP) is 2.13. The maximum atomic E-state index is 5.86. The maximum Gasteiger partial charge on any atom is 0.121 e. The van der Waals surface area contributed by atoms with Crippen LogP contribution >= 0.6 is 11.3 Å². The molecule has 0 bridgehead atoms. The molecular weight excluding hydrogens is 196 g/mol. The van der Waals surface area contributed by atoms with Gasteiger partial charge in [0.05, 0.1) is 5.69 Å². The number of nitrogens with zero attached hydrogens (tertiary/aromatic N) is 1. The molecule has 3 nitrogen and oxygen atoms in total. The molecule has 80 valence electrons. The molecule has 2 N–H and O–H groups in total. The van der Waals surface area contributed by atoms with Crippen LogP contribution in [0, 0.1) is 0 Å². The summed E-state index contributed by atoms with van der Waals surface area (Å²) in [6.07, 6.45) is 1.95. The second-order valence-electron chi connectivity index (χ2n) is 3.43. The quantitative estimate of drug-likeness (QED) is 0.817. The van der Waals surface area contributed by atoms with E-state index in [4.69, 9.17) is 10.5 Å². The van der Waals surface area contributed by atoms with Crippen molar-refractivity contribution in [1.29, 1.82) is 0 Å². The van der Waals surface area contributed by atoms with Gasteiger partial charge in [0.25, 0.3) is 0 Å². The van der Waals surface area contributed by atoms with Crippen molar-refractivity contribution in [2.45, 2.75) is 38.8 Å². The van der Waals surface area contributed by atoms with E-state index in [0.717, 1.165) is 23.5 Å². The van der Waals surface area contributed by atoms with Crippen LogP contribution in [-0.4, -0.2) is 18.1 Å². The maximum absolute atomic E-state index is 5.86. The lowest BCUT2D eigenvalue weighted by Gasteiger charge is -2.06. The number of nitrogens with two attached hydrogens (primary N) is 1. The van der Waals surface area contributed by atoms with Gasteiger partial charge in [-0.3, -0.25) is 0 Å². The number of thiazole rings is 1. The number of aromatic nitrogens is 1. The zero-order valence-electron chi connectivity index (χ0n) is 8.99. The van der Waals surface area contributed by atoms with Crippen molar-refractivity contribution in [2.75, 3.05) is 7.11 Å². The molecule has 1 aromatic rings. The summed E-state index contributed by atoms with van der Waals surface area (Å²) in [7, 11) is 1.70. The Morgan fingerprint density at radius 2 is 2.36 bits per heavy atom. The molecule has 1 aromatic heterocycles. The minimum Gasteiger partial charge on any atom is -0.375 e. The Balaban J connectivity index is 2.59. The van der Waals surface area contributed by atoms with E-state index in [-0.39, 0.29) is 12.1 Å². The van der Waals surface area contributed by atoms with Crippen LogP contribution in [0.3, 0.4) is 0 Å². The Morgan fingerprint density at radius 1 is 1.64 bits per heavy atom. The fourth-order valence-corrected chi connectivity index (χ4v) is 1.98. The predicted molar refractivity (Wildman–Crippen MR) is 59.5 cm³/mol. The van der Waals surface area contributed by atoms with Crippen LogP contribution in [0.4, 0.5) is 0 Å². The summed E-state index contributed by atoms with van der Waals surface area (Å²) in [5, 5.41) is 3.10. The van der Waals surface area contributed by atoms with E-state index in [1.165, 1.54) is 0 Å². The Hall–Kier alpha value is -0.450. The first kappa shape index (κ1) is 11.6. The molecule has 1 heterocycles. The van der Waals surface area contributed by atoms with E-state index in [1.54, 1.807) is 18.4 Å². The third-order valence-corrected chi connectivity index (χ3v) is 3.32. The fraction of sp³-hybridized carbons (Fsp3) is 0.700. The zero-order chi connectivity index (χ0) is 10.6.